The van der Waals surface area contributed by atoms with Gasteiger partial charge in [0.1, 0.15) is 5.75 Å². The van der Waals surface area contributed by atoms with E-state index in [2.05, 4.69) is 29.3 Å². The van der Waals surface area contributed by atoms with Crippen LogP contribution < -0.4 is 4.74 Å². The second-order valence-corrected chi connectivity index (χ2v) is 5.91. The standard InChI is InChI=1S/C16H22N2O/c1-12-15-4-3-10-16(15,18-17-12)11-9-13-5-7-14(19-2)8-6-13/h5-8,12,15H,3-4,9-11H2,1-2H3/t12-,15-,16+/m1/s1. The lowest BCUT2D eigenvalue weighted by Crippen LogP contribution is -2.32. The highest BCUT2D eigenvalue weighted by molar-refractivity contribution is 5.27. The summed E-state index contributed by atoms with van der Waals surface area (Å²) >= 11 is 0. The van der Waals surface area contributed by atoms with Crippen molar-refractivity contribution >= 4 is 0 Å². The Morgan fingerprint density at radius 1 is 1.32 bits per heavy atom. The molecule has 0 aromatic heterocycles. The number of methoxy groups -OCH3 is 1. The number of nitrogens with zero attached hydrogens (tertiary/aromatic N) is 2. The second kappa shape index (κ2) is 4.95. The molecule has 1 aromatic rings. The van der Waals surface area contributed by atoms with Gasteiger partial charge in [0, 0.05) is 5.92 Å². The average molecular weight is 258 g/mol. The summed E-state index contributed by atoms with van der Waals surface area (Å²) in [6, 6.07) is 8.83. The molecular formula is C16H22N2O. The zero-order chi connectivity index (χ0) is 13.3. The lowest BCUT2D eigenvalue weighted by molar-refractivity contribution is 0.314. The molecule has 2 aliphatic rings. The first kappa shape index (κ1) is 12.6. The van der Waals surface area contributed by atoms with Crippen molar-refractivity contribution in [2.24, 2.45) is 16.1 Å². The largest absolute Gasteiger partial charge is 0.497 e. The normalized spacial score (nSPS) is 32.5. The van der Waals surface area contributed by atoms with Crippen LogP contribution in [0.2, 0.25) is 0 Å². The number of benzene rings is 1. The molecule has 1 heterocycles. The number of hydrogen-bond acceptors (Lipinski definition) is 3. The molecule has 0 saturated heterocycles. The molecule has 1 saturated carbocycles. The van der Waals surface area contributed by atoms with Crippen molar-refractivity contribution in [1.82, 2.24) is 0 Å². The maximum atomic E-state index is 5.20. The fourth-order valence-electron chi connectivity index (χ4n) is 3.70. The van der Waals surface area contributed by atoms with Crippen LogP contribution in [0.5, 0.6) is 5.75 Å². The van der Waals surface area contributed by atoms with Crippen molar-refractivity contribution in [3.63, 3.8) is 0 Å². The highest BCUT2D eigenvalue weighted by atomic mass is 16.5. The second-order valence-electron chi connectivity index (χ2n) is 5.91. The van der Waals surface area contributed by atoms with E-state index in [1.165, 1.54) is 24.8 Å². The monoisotopic (exact) mass is 258 g/mol. The first-order valence-corrected chi connectivity index (χ1v) is 7.28. The van der Waals surface area contributed by atoms with Crippen molar-refractivity contribution < 1.29 is 4.74 Å². The SMILES string of the molecule is COc1ccc(CC[C@@]23CCC[C@@H]2[C@@H](C)N=N3)cc1. The van der Waals surface area contributed by atoms with E-state index in [4.69, 9.17) is 4.74 Å². The van der Waals surface area contributed by atoms with E-state index in [0.717, 1.165) is 18.6 Å². The Balaban J connectivity index is 1.67. The molecule has 0 radical (unpaired) electrons. The van der Waals surface area contributed by atoms with Gasteiger partial charge in [0.2, 0.25) is 0 Å². The summed E-state index contributed by atoms with van der Waals surface area (Å²) in [5, 5.41) is 9.10. The van der Waals surface area contributed by atoms with E-state index in [1.807, 2.05) is 12.1 Å². The molecule has 3 rings (SSSR count). The molecule has 0 bridgehead atoms. The molecule has 19 heavy (non-hydrogen) atoms. The fourth-order valence-corrected chi connectivity index (χ4v) is 3.70. The Morgan fingerprint density at radius 3 is 2.84 bits per heavy atom. The number of aryl methyl sites for hydroxylation is 1. The zero-order valence-corrected chi connectivity index (χ0v) is 11.8. The molecule has 0 spiro atoms. The van der Waals surface area contributed by atoms with E-state index >= 15 is 0 Å². The molecular weight excluding hydrogens is 236 g/mol. The molecule has 102 valence electrons. The third-order valence-electron chi connectivity index (χ3n) is 4.84. The molecule has 0 amide bonds. The summed E-state index contributed by atoms with van der Waals surface area (Å²) in [5.41, 5.74) is 1.52. The maximum Gasteiger partial charge on any atom is 0.118 e. The summed E-state index contributed by atoms with van der Waals surface area (Å²) < 4.78 is 5.20. The van der Waals surface area contributed by atoms with Crippen molar-refractivity contribution in [2.75, 3.05) is 7.11 Å². The zero-order valence-electron chi connectivity index (χ0n) is 11.8. The van der Waals surface area contributed by atoms with Gasteiger partial charge in [-0.2, -0.15) is 10.2 Å². The van der Waals surface area contributed by atoms with Gasteiger partial charge in [-0.3, -0.25) is 0 Å². The lowest BCUT2D eigenvalue weighted by atomic mass is 9.80. The third-order valence-corrected chi connectivity index (χ3v) is 4.84. The van der Waals surface area contributed by atoms with E-state index < -0.39 is 0 Å². The average Bonchev–Trinajstić information content (AvgIpc) is 2.99. The highest BCUT2D eigenvalue weighted by Gasteiger charge is 2.48. The Bertz CT molecular complexity index is 468. The van der Waals surface area contributed by atoms with Gasteiger partial charge in [-0.15, -0.1) is 0 Å². The number of ether oxygens (including phenoxy) is 1. The van der Waals surface area contributed by atoms with E-state index in [0.29, 0.717) is 12.0 Å². The quantitative estimate of drug-likeness (QED) is 0.803. The molecule has 3 atom stereocenters. The number of azo groups is 1. The van der Waals surface area contributed by atoms with Crippen LogP contribution in [0.15, 0.2) is 34.5 Å². The minimum atomic E-state index is 0.152. The number of rotatable bonds is 4. The van der Waals surface area contributed by atoms with Crippen LogP contribution in [-0.2, 0) is 6.42 Å². The molecule has 3 heteroatoms. The van der Waals surface area contributed by atoms with Gasteiger partial charge in [0.05, 0.1) is 18.7 Å². The summed E-state index contributed by atoms with van der Waals surface area (Å²) in [6.45, 7) is 2.22. The molecule has 3 nitrogen and oxygen atoms in total. The van der Waals surface area contributed by atoms with Gasteiger partial charge in [-0.05, 0) is 50.3 Å². The fraction of sp³-hybridized carbons (Fsp3) is 0.625. The van der Waals surface area contributed by atoms with Gasteiger partial charge in [-0.1, -0.05) is 18.6 Å². The Kier molecular flexibility index (Phi) is 3.29. The molecule has 1 fully saturated rings. The van der Waals surface area contributed by atoms with Crippen LogP contribution >= 0.6 is 0 Å². The molecule has 1 aliphatic carbocycles. The number of hydrogen-bond donors (Lipinski definition) is 0. The smallest absolute Gasteiger partial charge is 0.118 e. The minimum Gasteiger partial charge on any atom is -0.497 e. The minimum absolute atomic E-state index is 0.152. The Morgan fingerprint density at radius 2 is 2.11 bits per heavy atom. The highest BCUT2D eigenvalue weighted by Crippen LogP contribution is 2.48. The van der Waals surface area contributed by atoms with E-state index in [1.54, 1.807) is 7.11 Å². The molecule has 0 unspecified atom stereocenters. The van der Waals surface area contributed by atoms with Crippen LogP contribution in [0, 0.1) is 5.92 Å². The third kappa shape index (κ3) is 2.26. The summed E-state index contributed by atoms with van der Waals surface area (Å²) in [4.78, 5) is 0. The summed E-state index contributed by atoms with van der Waals surface area (Å²) in [7, 11) is 1.71. The van der Waals surface area contributed by atoms with Crippen LogP contribution in [-0.4, -0.2) is 18.7 Å². The first-order valence-electron chi connectivity index (χ1n) is 7.28. The summed E-state index contributed by atoms with van der Waals surface area (Å²) in [6.07, 6.45) is 6.07. The first-order chi connectivity index (χ1) is 9.23. The van der Waals surface area contributed by atoms with E-state index in [9.17, 15) is 0 Å². The topological polar surface area (TPSA) is 34.0 Å². The summed E-state index contributed by atoms with van der Waals surface area (Å²) in [5.74, 6) is 1.61. The van der Waals surface area contributed by atoms with Gasteiger partial charge in [-0.25, -0.2) is 0 Å². The van der Waals surface area contributed by atoms with Crippen LogP contribution in [0.25, 0.3) is 0 Å². The van der Waals surface area contributed by atoms with Crippen LogP contribution in [0.1, 0.15) is 38.2 Å². The van der Waals surface area contributed by atoms with Gasteiger partial charge in [0.15, 0.2) is 0 Å². The maximum absolute atomic E-state index is 5.20. The lowest BCUT2D eigenvalue weighted by Gasteiger charge is -2.26. The Labute approximate surface area is 115 Å². The van der Waals surface area contributed by atoms with Gasteiger partial charge < -0.3 is 4.74 Å². The van der Waals surface area contributed by atoms with Crippen molar-refractivity contribution in [3.8, 4) is 5.75 Å². The Hall–Kier alpha value is -1.38. The predicted molar refractivity (Wildman–Crippen MR) is 75.7 cm³/mol. The van der Waals surface area contributed by atoms with Crippen molar-refractivity contribution in [1.29, 1.82) is 0 Å². The van der Waals surface area contributed by atoms with Gasteiger partial charge >= 0.3 is 0 Å². The predicted octanol–water partition coefficient (Wildman–Crippen LogP) is 4.02. The van der Waals surface area contributed by atoms with Crippen molar-refractivity contribution in [2.45, 2.75) is 50.6 Å². The van der Waals surface area contributed by atoms with Crippen LogP contribution in [0.4, 0.5) is 0 Å². The molecule has 1 aromatic carbocycles. The van der Waals surface area contributed by atoms with E-state index in [-0.39, 0.29) is 5.54 Å². The number of fused-ring (bicyclic) bond motifs is 1. The molecule has 0 N–H and O–H groups in total. The van der Waals surface area contributed by atoms with Crippen molar-refractivity contribution in [3.05, 3.63) is 29.8 Å². The molecule has 1 aliphatic heterocycles. The van der Waals surface area contributed by atoms with Gasteiger partial charge in [0.25, 0.3) is 0 Å². The van der Waals surface area contributed by atoms with Crippen LogP contribution in [0.3, 0.4) is 0 Å².